The summed E-state index contributed by atoms with van der Waals surface area (Å²) in [5, 5.41) is 10.9. The average molecular weight is 287 g/mol. The summed E-state index contributed by atoms with van der Waals surface area (Å²) in [5.74, 6) is 1.72. The largest absolute Gasteiger partial charge is 0.339 e. The second-order valence-corrected chi connectivity index (χ2v) is 5.86. The lowest BCUT2D eigenvalue weighted by Gasteiger charge is -2.20. The molecule has 21 heavy (non-hydrogen) atoms. The van der Waals surface area contributed by atoms with E-state index in [2.05, 4.69) is 20.3 Å². The normalized spacial score (nSPS) is 22.0. The standard InChI is InChI=1S/C14H17N5O2/c1-8-7-10(17-16-8)14(20)19-6-2-3-11(19)12-15-13(21-18-12)9-4-5-9/h7,9,11H,2-6H2,1H3,(H,16,17). The van der Waals surface area contributed by atoms with E-state index in [1.165, 1.54) is 0 Å². The van der Waals surface area contributed by atoms with Gasteiger partial charge in [-0.15, -0.1) is 0 Å². The fourth-order valence-corrected chi connectivity index (χ4v) is 2.83. The molecule has 0 radical (unpaired) electrons. The molecule has 4 rings (SSSR count). The number of likely N-dealkylation sites (tertiary alicyclic amines) is 1. The van der Waals surface area contributed by atoms with Crippen molar-refractivity contribution in [2.24, 2.45) is 0 Å². The van der Waals surface area contributed by atoms with Crippen LogP contribution in [-0.2, 0) is 0 Å². The topological polar surface area (TPSA) is 87.9 Å². The Morgan fingerprint density at radius 1 is 1.43 bits per heavy atom. The van der Waals surface area contributed by atoms with Gasteiger partial charge in [0.05, 0.1) is 6.04 Å². The molecule has 2 aromatic rings. The first-order chi connectivity index (χ1) is 10.2. The van der Waals surface area contributed by atoms with E-state index in [0.717, 1.165) is 37.3 Å². The Labute approximate surface area is 121 Å². The molecule has 1 atom stereocenters. The highest BCUT2D eigenvalue weighted by molar-refractivity contribution is 5.92. The van der Waals surface area contributed by atoms with Crippen molar-refractivity contribution in [2.45, 2.75) is 44.6 Å². The highest BCUT2D eigenvalue weighted by Crippen LogP contribution is 2.40. The van der Waals surface area contributed by atoms with E-state index in [4.69, 9.17) is 4.52 Å². The first kappa shape index (κ1) is 12.6. The van der Waals surface area contributed by atoms with Gasteiger partial charge < -0.3 is 9.42 Å². The molecule has 1 aliphatic carbocycles. The second kappa shape index (κ2) is 4.68. The van der Waals surface area contributed by atoms with Crippen LogP contribution in [0.15, 0.2) is 10.6 Å². The number of H-pyrrole nitrogens is 1. The quantitative estimate of drug-likeness (QED) is 0.932. The van der Waals surface area contributed by atoms with Crippen LogP contribution in [0.3, 0.4) is 0 Å². The molecule has 7 nitrogen and oxygen atoms in total. The van der Waals surface area contributed by atoms with Crippen LogP contribution in [0, 0.1) is 6.92 Å². The molecule has 2 aromatic heterocycles. The number of nitrogens with one attached hydrogen (secondary N) is 1. The van der Waals surface area contributed by atoms with Crippen LogP contribution in [0.4, 0.5) is 0 Å². The molecule has 2 aliphatic rings. The molecular weight excluding hydrogens is 270 g/mol. The predicted molar refractivity (Wildman–Crippen MR) is 72.6 cm³/mol. The summed E-state index contributed by atoms with van der Waals surface area (Å²) in [6.07, 6.45) is 4.08. The Morgan fingerprint density at radius 2 is 2.29 bits per heavy atom. The third kappa shape index (κ3) is 2.22. The lowest BCUT2D eigenvalue weighted by molar-refractivity contribution is 0.0722. The van der Waals surface area contributed by atoms with Gasteiger partial charge >= 0.3 is 0 Å². The van der Waals surface area contributed by atoms with Gasteiger partial charge in [-0.05, 0) is 38.7 Å². The predicted octanol–water partition coefficient (Wildman–Crippen LogP) is 1.96. The number of rotatable bonds is 3. The number of hydrogen-bond donors (Lipinski definition) is 1. The number of nitrogens with zero attached hydrogens (tertiary/aromatic N) is 4. The van der Waals surface area contributed by atoms with Crippen molar-refractivity contribution in [3.8, 4) is 0 Å². The summed E-state index contributed by atoms with van der Waals surface area (Å²) in [7, 11) is 0. The highest BCUT2D eigenvalue weighted by atomic mass is 16.5. The Balaban J connectivity index is 1.57. The molecule has 1 amide bonds. The van der Waals surface area contributed by atoms with E-state index in [9.17, 15) is 4.79 Å². The maximum Gasteiger partial charge on any atom is 0.274 e. The van der Waals surface area contributed by atoms with Crippen molar-refractivity contribution in [3.63, 3.8) is 0 Å². The first-order valence-corrected chi connectivity index (χ1v) is 7.39. The van der Waals surface area contributed by atoms with Crippen LogP contribution >= 0.6 is 0 Å². The van der Waals surface area contributed by atoms with Gasteiger partial charge in [0.25, 0.3) is 5.91 Å². The van der Waals surface area contributed by atoms with Crippen molar-refractivity contribution in [1.29, 1.82) is 0 Å². The molecule has 0 spiro atoms. The van der Waals surface area contributed by atoms with Gasteiger partial charge in [0.2, 0.25) is 5.89 Å². The molecule has 2 fully saturated rings. The molecule has 1 saturated carbocycles. The number of aromatic nitrogens is 4. The van der Waals surface area contributed by atoms with E-state index in [1.807, 2.05) is 6.92 Å². The van der Waals surface area contributed by atoms with E-state index in [-0.39, 0.29) is 11.9 Å². The van der Waals surface area contributed by atoms with E-state index >= 15 is 0 Å². The summed E-state index contributed by atoms with van der Waals surface area (Å²) in [5.41, 5.74) is 1.33. The number of carbonyl (C=O) groups is 1. The number of carbonyl (C=O) groups excluding carboxylic acids is 1. The zero-order chi connectivity index (χ0) is 14.4. The average Bonchev–Trinajstić information content (AvgIpc) is 2.94. The Hall–Kier alpha value is -2.18. The molecule has 7 heteroatoms. The van der Waals surface area contributed by atoms with Crippen molar-refractivity contribution >= 4 is 5.91 Å². The fraction of sp³-hybridized carbons (Fsp3) is 0.571. The number of aryl methyl sites for hydroxylation is 1. The third-order valence-corrected chi connectivity index (χ3v) is 4.12. The van der Waals surface area contributed by atoms with Crippen molar-refractivity contribution in [2.75, 3.05) is 6.54 Å². The number of amides is 1. The maximum atomic E-state index is 12.6. The van der Waals surface area contributed by atoms with Crippen LogP contribution < -0.4 is 0 Å². The molecule has 0 aromatic carbocycles. The molecular formula is C14H17N5O2. The lowest BCUT2D eigenvalue weighted by Crippen LogP contribution is -2.31. The molecule has 1 N–H and O–H groups in total. The molecule has 1 unspecified atom stereocenters. The fourth-order valence-electron chi connectivity index (χ4n) is 2.83. The Morgan fingerprint density at radius 3 is 3.00 bits per heavy atom. The van der Waals surface area contributed by atoms with Crippen LogP contribution in [-0.4, -0.2) is 37.7 Å². The smallest absolute Gasteiger partial charge is 0.274 e. The summed E-state index contributed by atoms with van der Waals surface area (Å²) in [4.78, 5) is 18.8. The monoisotopic (exact) mass is 287 g/mol. The summed E-state index contributed by atoms with van der Waals surface area (Å²) >= 11 is 0. The number of hydrogen-bond acceptors (Lipinski definition) is 5. The van der Waals surface area contributed by atoms with Gasteiger partial charge in [-0.2, -0.15) is 10.1 Å². The van der Waals surface area contributed by atoms with Crippen LogP contribution in [0.25, 0.3) is 0 Å². The van der Waals surface area contributed by atoms with E-state index < -0.39 is 0 Å². The minimum absolute atomic E-state index is 0.0698. The van der Waals surface area contributed by atoms with Crippen LogP contribution in [0.5, 0.6) is 0 Å². The van der Waals surface area contributed by atoms with E-state index in [1.54, 1.807) is 11.0 Å². The molecule has 1 aliphatic heterocycles. The van der Waals surface area contributed by atoms with Crippen molar-refractivity contribution in [3.05, 3.63) is 29.2 Å². The lowest BCUT2D eigenvalue weighted by atomic mass is 10.2. The van der Waals surface area contributed by atoms with E-state index in [0.29, 0.717) is 24.0 Å². The summed E-state index contributed by atoms with van der Waals surface area (Å²) < 4.78 is 5.32. The Bertz CT molecular complexity index is 672. The molecule has 0 bridgehead atoms. The molecule has 1 saturated heterocycles. The molecule has 3 heterocycles. The SMILES string of the molecule is Cc1cc(C(=O)N2CCCC2c2noc(C3CC3)n2)n[nH]1. The maximum absolute atomic E-state index is 12.6. The summed E-state index contributed by atoms with van der Waals surface area (Å²) in [6.45, 7) is 2.59. The van der Waals surface area contributed by atoms with Gasteiger partial charge in [-0.3, -0.25) is 9.89 Å². The summed E-state index contributed by atoms with van der Waals surface area (Å²) in [6, 6.07) is 1.68. The zero-order valence-electron chi connectivity index (χ0n) is 11.9. The first-order valence-electron chi connectivity index (χ1n) is 7.39. The van der Waals surface area contributed by atoms with Gasteiger partial charge in [0, 0.05) is 18.2 Å². The Kier molecular flexibility index (Phi) is 2.80. The number of aromatic amines is 1. The van der Waals surface area contributed by atoms with Crippen molar-refractivity contribution in [1.82, 2.24) is 25.2 Å². The van der Waals surface area contributed by atoms with Gasteiger partial charge in [-0.1, -0.05) is 5.16 Å². The van der Waals surface area contributed by atoms with Gasteiger partial charge in [0.1, 0.15) is 5.69 Å². The van der Waals surface area contributed by atoms with Crippen LogP contribution in [0.2, 0.25) is 0 Å². The van der Waals surface area contributed by atoms with Gasteiger partial charge in [0.15, 0.2) is 5.82 Å². The van der Waals surface area contributed by atoms with Crippen molar-refractivity contribution < 1.29 is 9.32 Å². The second-order valence-electron chi connectivity index (χ2n) is 5.86. The molecule has 110 valence electrons. The third-order valence-electron chi connectivity index (χ3n) is 4.12. The zero-order valence-corrected chi connectivity index (χ0v) is 11.9. The minimum atomic E-state index is -0.0919. The van der Waals surface area contributed by atoms with Crippen LogP contribution in [0.1, 0.15) is 65.5 Å². The van der Waals surface area contributed by atoms with Gasteiger partial charge in [-0.25, -0.2) is 0 Å². The highest BCUT2D eigenvalue weighted by Gasteiger charge is 2.36. The minimum Gasteiger partial charge on any atom is -0.339 e.